The summed E-state index contributed by atoms with van der Waals surface area (Å²) in [6.45, 7) is 8.55. The Bertz CT molecular complexity index is 136. The molecular weight excluding hydrogens is 168 g/mol. The van der Waals surface area contributed by atoms with E-state index in [4.69, 9.17) is 16.6 Å². The second-order valence-electron chi connectivity index (χ2n) is 3.74. The van der Waals surface area contributed by atoms with Crippen molar-refractivity contribution < 1.29 is 9.90 Å². The van der Waals surface area contributed by atoms with E-state index in [0.717, 1.165) is 6.54 Å². The number of aliphatic carboxylic acids is 1. The first-order valence-corrected chi connectivity index (χ1v) is 4.51. The molecule has 0 aliphatic carbocycles. The van der Waals surface area contributed by atoms with Gasteiger partial charge in [-0.05, 0) is 18.4 Å². The SMILES string of the molecule is CC(C)CN.CC(C)[C@H](N)C(=O)O. The average Bonchev–Trinajstić information content (AvgIpc) is 2.03. The molecule has 5 N–H and O–H groups in total. The molecule has 0 aromatic rings. The van der Waals surface area contributed by atoms with Crippen molar-refractivity contribution in [3.63, 3.8) is 0 Å². The molecular formula is C9H22N2O2. The second kappa shape index (κ2) is 8.01. The molecule has 0 spiro atoms. The van der Waals surface area contributed by atoms with E-state index in [2.05, 4.69) is 13.8 Å². The van der Waals surface area contributed by atoms with Crippen LogP contribution in [0, 0.1) is 11.8 Å². The van der Waals surface area contributed by atoms with Gasteiger partial charge in [0.25, 0.3) is 0 Å². The monoisotopic (exact) mass is 190 g/mol. The van der Waals surface area contributed by atoms with Crippen LogP contribution in [0.15, 0.2) is 0 Å². The van der Waals surface area contributed by atoms with Crippen molar-refractivity contribution in [1.29, 1.82) is 0 Å². The number of rotatable bonds is 3. The Balaban J connectivity index is 0. The first-order valence-electron chi connectivity index (χ1n) is 4.51. The van der Waals surface area contributed by atoms with Crippen molar-refractivity contribution in [2.24, 2.45) is 23.3 Å². The molecule has 0 unspecified atom stereocenters. The first-order chi connectivity index (χ1) is 5.82. The van der Waals surface area contributed by atoms with Gasteiger partial charge in [0.15, 0.2) is 0 Å². The van der Waals surface area contributed by atoms with Crippen molar-refractivity contribution in [2.45, 2.75) is 33.7 Å². The van der Waals surface area contributed by atoms with Crippen LogP contribution in [0.1, 0.15) is 27.7 Å². The quantitative estimate of drug-likeness (QED) is 0.609. The van der Waals surface area contributed by atoms with Crippen LogP contribution >= 0.6 is 0 Å². The molecule has 0 rings (SSSR count). The molecule has 0 aliphatic heterocycles. The average molecular weight is 190 g/mol. The van der Waals surface area contributed by atoms with Gasteiger partial charge in [-0.3, -0.25) is 4.79 Å². The Hall–Kier alpha value is -0.610. The van der Waals surface area contributed by atoms with Crippen LogP contribution < -0.4 is 11.5 Å². The summed E-state index contributed by atoms with van der Waals surface area (Å²) in [5, 5.41) is 8.23. The molecule has 1 atom stereocenters. The van der Waals surface area contributed by atoms with Gasteiger partial charge in [0.2, 0.25) is 0 Å². The summed E-state index contributed by atoms with van der Waals surface area (Å²) in [6.07, 6.45) is 0. The third kappa shape index (κ3) is 11.4. The zero-order valence-corrected chi connectivity index (χ0v) is 8.95. The molecule has 13 heavy (non-hydrogen) atoms. The molecule has 4 heteroatoms. The zero-order chi connectivity index (χ0) is 11.0. The summed E-state index contributed by atoms with van der Waals surface area (Å²) in [7, 11) is 0. The van der Waals surface area contributed by atoms with Gasteiger partial charge in [-0.2, -0.15) is 0 Å². The van der Waals surface area contributed by atoms with Crippen LogP contribution in [0.4, 0.5) is 0 Å². The lowest BCUT2D eigenvalue weighted by molar-refractivity contribution is -0.139. The van der Waals surface area contributed by atoms with Crippen LogP contribution in [0.25, 0.3) is 0 Å². The van der Waals surface area contributed by atoms with E-state index in [-0.39, 0.29) is 5.92 Å². The minimum absolute atomic E-state index is 0.0208. The van der Waals surface area contributed by atoms with Gasteiger partial charge < -0.3 is 16.6 Å². The number of carboxylic acid groups (broad SMARTS) is 1. The molecule has 0 saturated heterocycles. The lowest BCUT2D eigenvalue weighted by Crippen LogP contribution is -2.34. The molecule has 0 heterocycles. The maximum atomic E-state index is 10.0. The van der Waals surface area contributed by atoms with Gasteiger partial charge in [0.05, 0.1) is 0 Å². The van der Waals surface area contributed by atoms with E-state index >= 15 is 0 Å². The highest BCUT2D eigenvalue weighted by Gasteiger charge is 2.14. The van der Waals surface area contributed by atoms with E-state index in [1.165, 1.54) is 0 Å². The third-order valence-electron chi connectivity index (χ3n) is 1.47. The Labute approximate surface area is 80.3 Å². The van der Waals surface area contributed by atoms with Gasteiger partial charge in [-0.15, -0.1) is 0 Å². The smallest absolute Gasteiger partial charge is 0.320 e. The first kappa shape index (κ1) is 14.9. The van der Waals surface area contributed by atoms with Crippen LogP contribution in [0.2, 0.25) is 0 Å². The van der Waals surface area contributed by atoms with Gasteiger partial charge in [-0.1, -0.05) is 27.7 Å². The number of hydrogen-bond donors (Lipinski definition) is 3. The highest BCUT2D eigenvalue weighted by Crippen LogP contribution is 1.96. The maximum Gasteiger partial charge on any atom is 0.320 e. The summed E-state index contributed by atoms with van der Waals surface area (Å²) in [5.74, 6) is -0.248. The van der Waals surface area contributed by atoms with Crippen molar-refractivity contribution >= 4 is 5.97 Å². The predicted molar refractivity (Wildman–Crippen MR) is 54.3 cm³/mol. The maximum absolute atomic E-state index is 10.0. The molecule has 0 fully saturated rings. The van der Waals surface area contributed by atoms with Crippen molar-refractivity contribution in [1.82, 2.24) is 0 Å². The normalized spacial score (nSPS) is 12.3. The van der Waals surface area contributed by atoms with Crippen molar-refractivity contribution in [3.8, 4) is 0 Å². The molecule has 4 nitrogen and oxygen atoms in total. The van der Waals surface area contributed by atoms with Crippen LogP contribution in [-0.4, -0.2) is 23.7 Å². The predicted octanol–water partition coefficient (Wildman–Crippen LogP) is 0.655. The van der Waals surface area contributed by atoms with E-state index < -0.39 is 12.0 Å². The minimum Gasteiger partial charge on any atom is -0.480 e. The zero-order valence-electron chi connectivity index (χ0n) is 8.95. The van der Waals surface area contributed by atoms with E-state index in [0.29, 0.717) is 5.92 Å². The molecule has 0 saturated carbocycles. The summed E-state index contributed by atoms with van der Waals surface area (Å²) in [5.41, 5.74) is 10.3. The van der Waals surface area contributed by atoms with Crippen molar-refractivity contribution in [3.05, 3.63) is 0 Å². The highest BCUT2D eigenvalue weighted by molar-refractivity contribution is 5.73. The Kier molecular flexibility index (Phi) is 9.17. The lowest BCUT2D eigenvalue weighted by atomic mass is 10.1. The van der Waals surface area contributed by atoms with Crippen LogP contribution in [0.5, 0.6) is 0 Å². The molecule has 0 aliphatic rings. The molecule has 0 aromatic carbocycles. The summed E-state index contributed by atoms with van der Waals surface area (Å²) in [4.78, 5) is 10.0. The van der Waals surface area contributed by atoms with Gasteiger partial charge in [-0.25, -0.2) is 0 Å². The number of carboxylic acids is 1. The van der Waals surface area contributed by atoms with Crippen LogP contribution in [-0.2, 0) is 4.79 Å². The van der Waals surface area contributed by atoms with E-state index in [9.17, 15) is 4.79 Å². The summed E-state index contributed by atoms with van der Waals surface area (Å²) < 4.78 is 0. The Morgan fingerprint density at radius 3 is 1.62 bits per heavy atom. The molecule has 0 aromatic heterocycles. The topological polar surface area (TPSA) is 89.3 Å². The minimum atomic E-state index is -0.931. The van der Waals surface area contributed by atoms with E-state index in [1.807, 2.05) is 0 Å². The lowest BCUT2D eigenvalue weighted by Gasteiger charge is -2.07. The van der Waals surface area contributed by atoms with Gasteiger partial charge in [0, 0.05) is 0 Å². The number of hydrogen-bond acceptors (Lipinski definition) is 3. The molecule has 80 valence electrons. The third-order valence-corrected chi connectivity index (χ3v) is 1.47. The summed E-state index contributed by atoms with van der Waals surface area (Å²) in [6, 6.07) is -0.713. The number of carbonyl (C=O) groups is 1. The molecule has 0 radical (unpaired) electrons. The standard InChI is InChI=1S/C5H11NO2.C4H11N/c1-3(2)4(6)5(7)8;1-4(2)3-5/h3-4H,6H2,1-2H3,(H,7,8);4H,3,5H2,1-2H3/t4-;/m0./s1. The fraction of sp³-hybridized carbons (Fsp3) is 0.889. The number of nitrogens with two attached hydrogens (primary N) is 2. The Morgan fingerprint density at radius 1 is 1.31 bits per heavy atom. The van der Waals surface area contributed by atoms with Crippen molar-refractivity contribution in [2.75, 3.05) is 6.54 Å². The van der Waals surface area contributed by atoms with Gasteiger partial charge in [0.1, 0.15) is 6.04 Å². The Morgan fingerprint density at radius 2 is 1.62 bits per heavy atom. The van der Waals surface area contributed by atoms with E-state index in [1.54, 1.807) is 13.8 Å². The summed E-state index contributed by atoms with van der Waals surface area (Å²) >= 11 is 0. The highest BCUT2D eigenvalue weighted by atomic mass is 16.4. The van der Waals surface area contributed by atoms with Gasteiger partial charge >= 0.3 is 5.97 Å². The second-order valence-corrected chi connectivity index (χ2v) is 3.74. The van der Waals surface area contributed by atoms with Crippen LogP contribution in [0.3, 0.4) is 0 Å². The largest absolute Gasteiger partial charge is 0.480 e. The molecule has 0 bridgehead atoms. The fourth-order valence-electron chi connectivity index (χ4n) is 0.285. The fourth-order valence-corrected chi connectivity index (χ4v) is 0.285. The molecule has 0 amide bonds.